The summed E-state index contributed by atoms with van der Waals surface area (Å²) in [7, 11) is 0. The number of carboxylic acid groups (broad SMARTS) is 1. The maximum absolute atomic E-state index is 13.6. The molecule has 38 heavy (non-hydrogen) atoms. The first kappa shape index (κ1) is 24.8. The Bertz CT molecular complexity index is 1640. The van der Waals surface area contributed by atoms with Gasteiger partial charge in [-0.05, 0) is 52.9 Å². The van der Waals surface area contributed by atoms with Crippen LogP contribution < -0.4 is 5.56 Å². The van der Waals surface area contributed by atoms with Gasteiger partial charge in [0.2, 0.25) is 5.82 Å². The first-order valence-electron chi connectivity index (χ1n) is 12.3. The van der Waals surface area contributed by atoms with Gasteiger partial charge in [0.1, 0.15) is 5.82 Å². The van der Waals surface area contributed by atoms with E-state index in [0.29, 0.717) is 36.6 Å². The number of tetrazole rings is 1. The van der Waals surface area contributed by atoms with Gasteiger partial charge >= 0.3 is 5.97 Å². The molecular formula is C29H26N6O3. The number of rotatable bonds is 8. The molecule has 190 valence electrons. The van der Waals surface area contributed by atoms with Crippen molar-refractivity contribution in [1.82, 2.24) is 30.2 Å². The molecule has 0 saturated carbocycles. The van der Waals surface area contributed by atoms with Crippen molar-refractivity contribution in [1.29, 1.82) is 0 Å². The van der Waals surface area contributed by atoms with Crippen molar-refractivity contribution in [3.8, 4) is 22.5 Å². The molecule has 9 heteroatoms. The van der Waals surface area contributed by atoms with E-state index in [2.05, 4.69) is 20.6 Å². The lowest BCUT2D eigenvalue weighted by Crippen LogP contribution is -2.29. The number of hydrogen-bond acceptors (Lipinski definition) is 6. The van der Waals surface area contributed by atoms with Crippen LogP contribution in [0.5, 0.6) is 0 Å². The van der Waals surface area contributed by atoms with Crippen molar-refractivity contribution in [3.05, 3.63) is 117 Å². The highest BCUT2D eigenvalue weighted by molar-refractivity contribution is 5.87. The van der Waals surface area contributed by atoms with Gasteiger partial charge in [0.15, 0.2) is 0 Å². The van der Waals surface area contributed by atoms with E-state index in [4.69, 9.17) is 10.1 Å². The number of aromatic amines is 1. The second-order valence-corrected chi connectivity index (χ2v) is 8.99. The number of aromatic carboxylic acids is 1. The quantitative estimate of drug-likeness (QED) is 0.321. The van der Waals surface area contributed by atoms with E-state index in [1.807, 2.05) is 62.4 Å². The summed E-state index contributed by atoms with van der Waals surface area (Å²) < 4.78 is 1.70. The van der Waals surface area contributed by atoms with E-state index in [1.165, 1.54) is 0 Å². The Kier molecular flexibility index (Phi) is 6.90. The van der Waals surface area contributed by atoms with Crippen LogP contribution in [0.3, 0.4) is 0 Å². The maximum atomic E-state index is 13.6. The third-order valence-electron chi connectivity index (χ3n) is 6.57. The summed E-state index contributed by atoms with van der Waals surface area (Å²) in [6.07, 6.45) is 1.02. The van der Waals surface area contributed by atoms with E-state index < -0.39 is 5.97 Å². The molecule has 0 saturated heterocycles. The highest BCUT2D eigenvalue weighted by Gasteiger charge is 2.16. The number of aryl methyl sites for hydroxylation is 2. The van der Waals surface area contributed by atoms with E-state index in [9.17, 15) is 9.59 Å². The average molecular weight is 507 g/mol. The molecule has 0 amide bonds. The molecule has 0 aliphatic carbocycles. The molecule has 0 aliphatic rings. The molecular weight excluding hydrogens is 480 g/mol. The minimum atomic E-state index is -0.977. The normalized spacial score (nSPS) is 11.0. The molecule has 2 aromatic heterocycles. The first-order valence-corrected chi connectivity index (χ1v) is 12.3. The number of nitrogens with zero attached hydrogens (tertiary/aromatic N) is 5. The molecule has 3 aromatic carbocycles. The summed E-state index contributed by atoms with van der Waals surface area (Å²) in [6, 6.07) is 22.5. The number of benzene rings is 3. The summed E-state index contributed by atoms with van der Waals surface area (Å²) in [5, 5.41) is 23.6. The van der Waals surface area contributed by atoms with Gasteiger partial charge in [-0.2, -0.15) is 5.21 Å². The monoisotopic (exact) mass is 506 g/mol. The van der Waals surface area contributed by atoms with Crippen molar-refractivity contribution < 1.29 is 9.90 Å². The van der Waals surface area contributed by atoms with Crippen LogP contribution in [0.1, 0.15) is 45.5 Å². The van der Waals surface area contributed by atoms with Gasteiger partial charge in [-0.25, -0.2) is 9.78 Å². The maximum Gasteiger partial charge on any atom is 0.335 e. The highest BCUT2D eigenvalue weighted by atomic mass is 16.4. The third-order valence-corrected chi connectivity index (χ3v) is 6.57. The van der Waals surface area contributed by atoms with E-state index in [-0.39, 0.29) is 11.1 Å². The molecule has 0 aliphatic heterocycles. The first-order chi connectivity index (χ1) is 18.4. The van der Waals surface area contributed by atoms with E-state index in [1.54, 1.807) is 28.8 Å². The second-order valence-electron chi connectivity index (χ2n) is 8.99. The Hall–Kier alpha value is -4.92. The zero-order chi connectivity index (χ0) is 26.6. The summed E-state index contributed by atoms with van der Waals surface area (Å²) in [4.78, 5) is 29.5. The van der Waals surface area contributed by atoms with E-state index >= 15 is 0 Å². The van der Waals surface area contributed by atoms with E-state index in [0.717, 1.165) is 33.5 Å². The minimum Gasteiger partial charge on any atom is -0.478 e. The SMILES string of the molecule is CCc1nc(C)n(Cc2ccc(-c3ccccc3-c3nn[nH]n3)cc2)c(=O)c1Cc1ccc(C(=O)O)cc1. The molecule has 0 atom stereocenters. The highest BCUT2D eigenvalue weighted by Crippen LogP contribution is 2.29. The molecule has 0 bridgehead atoms. The summed E-state index contributed by atoms with van der Waals surface area (Å²) >= 11 is 0. The largest absolute Gasteiger partial charge is 0.478 e. The van der Waals surface area contributed by atoms with Crippen molar-refractivity contribution in [3.63, 3.8) is 0 Å². The van der Waals surface area contributed by atoms with Crippen LogP contribution in [0.4, 0.5) is 0 Å². The van der Waals surface area contributed by atoms with Crippen LogP contribution in [0, 0.1) is 6.92 Å². The topological polar surface area (TPSA) is 127 Å². The van der Waals surface area contributed by atoms with Gasteiger partial charge < -0.3 is 5.11 Å². The number of aromatic nitrogens is 6. The van der Waals surface area contributed by atoms with Crippen LogP contribution >= 0.6 is 0 Å². The van der Waals surface area contributed by atoms with Crippen LogP contribution in [-0.4, -0.2) is 41.3 Å². The van der Waals surface area contributed by atoms with Gasteiger partial charge in [0, 0.05) is 17.5 Å². The second kappa shape index (κ2) is 10.6. The Morgan fingerprint density at radius 1 is 0.947 bits per heavy atom. The predicted octanol–water partition coefficient (Wildman–Crippen LogP) is 4.30. The zero-order valence-corrected chi connectivity index (χ0v) is 21.0. The number of nitrogens with one attached hydrogen (secondary N) is 1. The van der Waals surface area contributed by atoms with Crippen molar-refractivity contribution in [2.75, 3.05) is 0 Å². The fourth-order valence-electron chi connectivity index (χ4n) is 4.56. The number of H-pyrrole nitrogens is 1. The van der Waals surface area contributed by atoms with Crippen molar-refractivity contribution in [2.24, 2.45) is 0 Å². The Morgan fingerprint density at radius 2 is 1.63 bits per heavy atom. The lowest BCUT2D eigenvalue weighted by molar-refractivity contribution is 0.0697. The lowest BCUT2D eigenvalue weighted by atomic mass is 9.98. The molecule has 2 heterocycles. The summed E-state index contributed by atoms with van der Waals surface area (Å²) in [5.74, 6) is 0.205. The van der Waals surface area contributed by atoms with Crippen LogP contribution in [-0.2, 0) is 19.4 Å². The van der Waals surface area contributed by atoms with Crippen LogP contribution in [0.2, 0.25) is 0 Å². The average Bonchev–Trinajstić information content (AvgIpc) is 3.48. The van der Waals surface area contributed by atoms with Gasteiger partial charge in [0.05, 0.1) is 17.8 Å². The Balaban J connectivity index is 1.44. The fourth-order valence-corrected chi connectivity index (χ4v) is 4.56. The molecule has 5 aromatic rings. The van der Waals surface area contributed by atoms with Crippen LogP contribution in [0.15, 0.2) is 77.6 Å². The minimum absolute atomic E-state index is 0.0804. The number of carbonyl (C=O) groups is 1. The Labute approximate surface area is 218 Å². The molecule has 5 rings (SSSR count). The summed E-state index contributed by atoms with van der Waals surface area (Å²) in [6.45, 7) is 4.22. The molecule has 0 unspecified atom stereocenters. The smallest absolute Gasteiger partial charge is 0.335 e. The zero-order valence-electron chi connectivity index (χ0n) is 21.0. The number of hydrogen-bond donors (Lipinski definition) is 2. The van der Waals surface area contributed by atoms with Gasteiger partial charge in [-0.15, -0.1) is 10.2 Å². The molecule has 0 radical (unpaired) electrons. The van der Waals surface area contributed by atoms with Gasteiger partial charge in [-0.3, -0.25) is 9.36 Å². The summed E-state index contributed by atoms with van der Waals surface area (Å²) in [5.41, 5.74) is 6.23. The van der Waals surface area contributed by atoms with Crippen LogP contribution in [0.25, 0.3) is 22.5 Å². The third kappa shape index (κ3) is 4.99. The van der Waals surface area contributed by atoms with Crippen molar-refractivity contribution >= 4 is 5.97 Å². The fraction of sp³-hybridized carbons (Fsp3) is 0.172. The molecule has 0 fully saturated rings. The van der Waals surface area contributed by atoms with Crippen molar-refractivity contribution in [2.45, 2.75) is 33.2 Å². The van der Waals surface area contributed by atoms with Gasteiger partial charge in [0.25, 0.3) is 5.56 Å². The number of carboxylic acids is 1. The molecule has 2 N–H and O–H groups in total. The van der Waals surface area contributed by atoms with Gasteiger partial charge in [-0.1, -0.05) is 67.6 Å². The standard InChI is InChI=1S/C29H26N6O3/c1-3-26-25(16-19-8-14-22(15-9-19)29(37)38)28(36)35(18(2)30-26)17-20-10-12-21(13-11-20)23-6-4-5-7-24(23)27-31-33-34-32-27/h4-15H,3,16-17H2,1-2H3,(H,37,38)(H,31,32,33,34). The Morgan fingerprint density at radius 3 is 2.26 bits per heavy atom. The molecule has 0 spiro atoms. The predicted molar refractivity (Wildman–Crippen MR) is 143 cm³/mol. The molecule has 9 nitrogen and oxygen atoms in total. The lowest BCUT2D eigenvalue weighted by Gasteiger charge is -2.15.